The number of hydrogen-bond acceptors (Lipinski definition) is 2. The second-order valence-electron chi connectivity index (χ2n) is 5.16. The molecule has 0 saturated carbocycles. The highest BCUT2D eigenvalue weighted by atomic mass is 16.5. The minimum atomic E-state index is -0.424. The highest BCUT2D eigenvalue weighted by Gasteiger charge is 2.25. The summed E-state index contributed by atoms with van der Waals surface area (Å²) in [6.45, 7) is 2.49. The van der Waals surface area contributed by atoms with Gasteiger partial charge in [0, 0.05) is 5.92 Å². The fourth-order valence-electron chi connectivity index (χ4n) is 2.55. The Bertz CT molecular complexity index is 558. The molecule has 0 amide bonds. The van der Waals surface area contributed by atoms with Crippen molar-refractivity contribution in [2.24, 2.45) is 0 Å². The summed E-state index contributed by atoms with van der Waals surface area (Å²) in [5.41, 5.74) is 3.78. The maximum Gasteiger partial charge on any atom is 0.119 e. The largest absolute Gasteiger partial charge is 0.493 e. The van der Waals surface area contributed by atoms with E-state index in [2.05, 4.69) is 24.3 Å². The van der Waals surface area contributed by atoms with Crippen LogP contribution in [0.15, 0.2) is 48.5 Å². The van der Waals surface area contributed by atoms with Crippen molar-refractivity contribution in [3.8, 4) is 5.75 Å². The van der Waals surface area contributed by atoms with Crippen molar-refractivity contribution in [2.45, 2.75) is 25.4 Å². The second-order valence-corrected chi connectivity index (χ2v) is 5.16. The first-order chi connectivity index (χ1) is 9.24. The summed E-state index contributed by atoms with van der Waals surface area (Å²) < 4.78 is 5.82. The molecule has 2 unspecified atom stereocenters. The van der Waals surface area contributed by atoms with Gasteiger partial charge < -0.3 is 9.84 Å². The van der Waals surface area contributed by atoms with Gasteiger partial charge in [0.25, 0.3) is 0 Å². The van der Waals surface area contributed by atoms with E-state index in [1.54, 1.807) is 6.92 Å². The van der Waals surface area contributed by atoms with Gasteiger partial charge in [-0.1, -0.05) is 36.4 Å². The van der Waals surface area contributed by atoms with E-state index in [0.29, 0.717) is 5.92 Å². The zero-order valence-corrected chi connectivity index (χ0v) is 11.0. The quantitative estimate of drug-likeness (QED) is 0.905. The highest BCUT2D eigenvalue weighted by Crippen LogP contribution is 2.35. The third kappa shape index (κ3) is 2.49. The SMILES string of the molecule is CC(O)c1ccc(OCC2Cc3ccccc32)cc1. The van der Waals surface area contributed by atoms with Crippen molar-refractivity contribution >= 4 is 0 Å². The molecule has 3 rings (SSSR count). The van der Waals surface area contributed by atoms with Crippen LogP contribution in [0.25, 0.3) is 0 Å². The van der Waals surface area contributed by atoms with Gasteiger partial charge in [0.2, 0.25) is 0 Å². The molecule has 1 aliphatic carbocycles. The van der Waals surface area contributed by atoms with Gasteiger partial charge in [-0.15, -0.1) is 0 Å². The molecule has 0 aliphatic heterocycles. The molecule has 0 radical (unpaired) electrons. The fraction of sp³-hybridized carbons (Fsp3) is 0.294. The minimum Gasteiger partial charge on any atom is -0.493 e. The fourth-order valence-corrected chi connectivity index (χ4v) is 2.55. The number of fused-ring (bicyclic) bond motifs is 1. The zero-order valence-electron chi connectivity index (χ0n) is 11.0. The molecular weight excluding hydrogens is 236 g/mol. The molecule has 0 heterocycles. The molecule has 0 spiro atoms. The summed E-state index contributed by atoms with van der Waals surface area (Å²) in [5, 5.41) is 9.45. The normalized spacial score (nSPS) is 18.3. The zero-order chi connectivity index (χ0) is 13.2. The molecule has 98 valence electrons. The van der Waals surface area contributed by atoms with Crippen LogP contribution in [0.2, 0.25) is 0 Å². The number of rotatable bonds is 4. The maximum atomic E-state index is 9.45. The molecule has 2 atom stereocenters. The molecule has 19 heavy (non-hydrogen) atoms. The third-order valence-corrected chi connectivity index (χ3v) is 3.77. The van der Waals surface area contributed by atoms with Gasteiger partial charge >= 0.3 is 0 Å². The van der Waals surface area contributed by atoms with E-state index in [0.717, 1.165) is 24.3 Å². The summed E-state index contributed by atoms with van der Waals surface area (Å²) >= 11 is 0. The lowest BCUT2D eigenvalue weighted by molar-refractivity contribution is 0.199. The summed E-state index contributed by atoms with van der Waals surface area (Å²) in [6, 6.07) is 16.2. The number of ether oxygens (including phenoxy) is 1. The number of benzene rings is 2. The second kappa shape index (κ2) is 5.06. The van der Waals surface area contributed by atoms with Crippen LogP contribution in [0.1, 0.15) is 35.6 Å². The Kier molecular flexibility index (Phi) is 3.26. The van der Waals surface area contributed by atoms with E-state index < -0.39 is 6.10 Å². The van der Waals surface area contributed by atoms with E-state index in [1.165, 1.54) is 11.1 Å². The monoisotopic (exact) mass is 254 g/mol. The molecule has 1 aliphatic rings. The standard InChI is InChI=1S/C17H18O2/c1-12(18)13-6-8-16(9-7-13)19-11-15-10-14-4-2-3-5-17(14)15/h2-9,12,15,18H,10-11H2,1H3. The van der Waals surface area contributed by atoms with Gasteiger partial charge in [-0.2, -0.15) is 0 Å². The van der Waals surface area contributed by atoms with Gasteiger partial charge in [-0.05, 0) is 42.2 Å². The van der Waals surface area contributed by atoms with Crippen LogP contribution in [-0.4, -0.2) is 11.7 Å². The highest BCUT2D eigenvalue weighted by molar-refractivity contribution is 5.40. The van der Waals surface area contributed by atoms with Crippen LogP contribution in [0, 0.1) is 0 Å². The average Bonchev–Trinajstić information content (AvgIpc) is 2.40. The smallest absolute Gasteiger partial charge is 0.119 e. The Hall–Kier alpha value is -1.80. The molecule has 1 N–H and O–H groups in total. The maximum absolute atomic E-state index is 9.45. The van der Waals surface area contributed by atoms with E-state index in [4.69, 9.17) is 4.74 Å². The molecule has 0 aromatic heterocycles. The van der Waals surface area contributed by atoms with E-state index in [9.17, 15) is 5.11 Å². The van der Waals surface area contributed by atoms with Gasteiger partial charge in [-0.3, -0.25) is 0 Å². The summed E-state index contributed by atoms with van der Waals surface area (Å²) in [4.78, 5) is 0. The molecular formula is C17H18O2. The number of aliphatic hydroxyl groups is 1. The molecule has 2 nitrogen and oxygen atoms in total. The van der Waals surface area contributed by atoms with Crippen LogP contribution in [0.5, 0.6) is 5.75 Å². The molecule has 2 aromatic rings. The summed E-state index contributed by atoms with van der Waals surface area (Å²) in [7, 11) is 0. The number of aliphatic hydroxyl groups excluding tert-OH is 1. The molecule has 0 saturated heterocycles. The van der Waals surface area contributed by atoms with Gasteiger partial charge in [0.15, 0.2) is 0 Å². The van der Waals surface area contributed by atoms with Gasteiger partial charge in [-0.25, -0.2) is 0 Å². The predicted octanol–water partition coefficient (Wildman–Crippen LogP) is 3.46. The Morgan fingerprint density at radius 1 is 1.16 bits per heavy atom. The first-order valence-electron chi connectivity index (χ1n) is 6.72. The van der Waals surface area contributed by atoms with Crippen molar-refractivity contribution < 1.29 is 9.84 Å². The first kappa shape index (κ1) is 12.2. The lowest BCUT2D eigenvalue weighted by Crippen LogP contribution is -2.23. The van der Waals surface area contributed by atoms with Crippen LogP contribution in [0.3, 0.4) is 0 Å². The molecule has 0 bridgehead atoms. The van der Waals surface area contributed by atoms with Crippen LogP contribution < -0.4 is 4.74 Å². The van der Waals surface area contributed by atoms with E-state index >= 15 is 0 Å². The van der Waals surface area contributed by atoms with Crippen molar-refractivity contribution in [1.82, 2.24) is 0 Å². The van der Waals surface area contributed by atoms with Crippen molar-refractivity contribution in [1.29, 1.82) is 0 Å². The predicted molar refractivity (Wildman–Crippen MR) is 75.5 cm³/mol. The van der Waals surface area contributed by atoms with Crippen molar-refractivity contribution in [3.63, 3.8) is 0 Å². The molecule has 2 aromatic carbocycles. The lowest BCUT2D eigenvalue weighted by Gasteiger charge is -2.29. The van der Waals surface area contributed by atoms with Crippen LogP contribution >= 0.6 is 0 Å². The third-order valence-electron chi connectivity index (χ3n) is 3.77. The van der Waals surface area contributed by atoms with Crippen molar-refractivity contribution in [3.05, 3.63) is 65.2 Å². The lowest BCUT2D eigenvalue weighted by atomic mass is 9.78. The Balaban J connectivity index is 1.59. The first-order valence-corrected chi connectivity index (χ1v) is 6.72. The van der Waals surface area contributed by atoms with E-state index in [1.807, 2.05) is 24.3 Å². The Morgan fingerprint density at radius 3 is 2.58 bits per heavy atom. The van der Waals surface area contributed by atoms with Crippen LogP contribution in [0.4, 0.5) is 0 Å². The molecule has 0 fully saturated rings. The van der Waals surface area contributed by atoms with Gasteiger partial charge in [0.1, 0.15) is 5.75 Å². The van der Waals surface area contributed by atoms with Crippen LogP contribution in [-0.2, 0) is 6.42 Å². The van der Waals surface area contributed by atoms with E-state index in [-0.39, 0.29) is 0 Å². The summed E-state index contributed by atoms with van der Waals surface area (Å²) in [5.74, 6) is 1.39. The minimum absolute atomic E-state index is 0.424. The molecule has 2 heteroatoms. The van der Waals surface area contributed by atoms with Gasteiger partial charge in [0.05, 0.1) is 12.7 Å². The van der Waals surface area contributed by atoms with Crippen molar-refractivity contribution in [2.75, 3.05) is 6.61 Å². The average molecular weight is 254 g/mol. The topological polar surface area (TPSA) is 29.5 Å². The number of hydrogen-bond donors (Lipinski definition) is 1. The summed E-state index contributed by atoms with van der Waals surface area (Å²) in [6.07, 6.45) is 0.689. The Labute approximate surface area is 113 Å². The Morgan fingerprint density at radius 2 is 1.89 bits per heavy atom.